The summed E-state index contributed by atoms with van der Waals surface area (Å²) in [5, 5.41) is 7.86. The molecule has 3 heterocycles. The van der Waals surface area contributed by atoms with Crippen molar-refractivity contribution < 1.29 is 4.79 Å². The van der Waals surface area contributed by atoms with Gasteiger partial charge in [-0.3, -0.25) is 14.5 Å². The second-order valence-corrected chi connectivity index (χ2v) is 6.58. The molecular formula is C18H25N5O. The van der Waals surface area contributed by atoms with E-state index >= 15 is 0 Å². The van der Waals surface area contributed by atoms with Crippen molar-refractivity contribution in [3.05, 3.63) is 48.0 Å². The first-order valence-electron chi connectivity index (χ1n) is 8.44. The summed E-state index contributed by atoms with van der Waals surface area (Å²) in [6, 6.07) is 6.22. The minimum Gasteiger partial charge on any atom is -0.338 e. The van der Waals surface area contributed by atoms with Gasteiger partial charge in [0.05, 0.1) is 17.9 Å². The molecule has 3 rings (SSSR count). The molecule has 24 heavy (non-hydrogen) atoms. The highest BCUT2D eigenvalue weighted by molar-refractivity contribution is 5.77. The standard InChI is InChI=1S/C18H25N5O/c1-13(16-6-4-5-9-19-16)20-10-14-7-8-17(24)23(3)18(14)15-11-21-22(2)12-15/h4-6,9,11-14,18,20H,7-8,10H2,1-3H3/t13?,14-,18+/m1/s1. The van der Waals surface area contributed by atoms with E-state index in [2.05, 4.69) is 22.3 Å². The van der Waals surface area contributed by atoms with Gasteiger partial charge < -0.3 is 10.2 Å². The lowest BCUT2D eigenvalue weighted by atomic mass is 9.85. The van der Waals surface area contributed by atoms with Gasteiger partial charge in [0.1, 0.15) is 0 Å². The fourth-order valence-corrected chi connectivity index (χ4v) is 3.48. The number of carbonyl (C=O) groups excluding carboxylic acids is 1. The van der Waals surface area contributed by atoms with E-state index in [-0.39, 0.29) is 18.0 Å². The van der Waals surface area contributed by atoms with E-state index in [1.165, 1.54) is 0 Å². The van der Waals surface area contributed by atoms with E-state index in [9.17, 15) is 4.79 Å². The highest BCUT2D eigenvalue weighted by atomic mass is 16.2. The predicted molar refractivity (Wildman–Crippen MR) is 92.1 cm³/mol. The van der Waals surface area contributed by atoms with Gasteiger partial charge in [0.15, 0.2) is 0 Å². The van der Waals surface area contributed by atoms with Crippen molar-refractivity contribution in [1.29, 1.82) is 0 Å². The van der Waals surface area contributed by atoms with Gasteiger partial charge in [-0.15, -0.1) is 0 Å². The molecule has 0 aliphatic carbocycles. The Hall–Kier alpha value is -2.21. The maximum Gasteiger partial charge on any atom is 0.222 e. The van der Waals surface area contributed by atoms with Crippen LogP contribution in [0.4, 0.5) is 0 Å². The van der Waals surface area contributed by atoms with Crippen LogP contribution < -0.4 is 5.32 Å². The van der Waals surface area contributed by atoms with E-state index in [0.717, 1.165) is 24.2 Å². The summed E-state index contributed by atoms with van der Waals surface area (Å²) < 4.78 is 1.79. The molecule has 2 aromatic rings. The molecule has 0 bridgehead atoms. The number of amides is 1. The number of nitrogens with zero attached hydrogens (tertiary/aromatic N) is 4. The zero-order chi connectivity index (χ0) is 17.1. The molecule has 1 saturated heterocycles. The molecule has 6 nitrogen and oxygen atoms in total. The number of aryl methyl sites for hydroxylation is 1. The van der Waals surface area contributed by atoms with Crippen molar-refractivity contribution in [1.82, 2.24) is 25.0 Å². The van der Waals surface area contributed by atoms with Crippen LogP contribution in [0.5, 0.6) is 0 Å². The minimum atomic E-state index is 0.0726. The van der Waals surface area contributed by atoms with E-state index < -0.39 is 0 Å². The van der Waals surface area contributed by atoms with Crippen LogP contribution in [0.15, 0.2) is 36.8 Å². The molecule has 1 fully saturated rings. The monoisotopic (exact) mass is 327 g/mol. The fourth-order valence-electron chi connectivity index (χ4n) is 3.48. The molecule has 1 unspecified atom stereocenters. The topological polar surface area (TPSA) is 63.1 Å². The number of nitrogens with one attached hydrogen (secondary N) is 1. The molecule has 0 radical (unpaired) electrons. The van der Waals surface area contributed by atoms with E-state index in [4.69, 9.17) is 0 Å². The average molecular weight is 327 g/mol. The van der Waals surface area contributed by atoms with Gasteiger partial charge in [0, 0.05) is 51.1 Å². The Kier molecular flexibility index (Phi) is 4.94. The lowest BCUT2D eigenvalue weighted by Gasteiger charge is -2.39. The van der Waals surface area contributed by atoms with Gasteiger partial charge in [-0.1, -0.05) is 6.07 Å². The zero-order valence-corrected chi connectivity index (χ0v) is 14.5. The van der Waals surface area contributed by atoms with E-state index in [0.29, 0.717) is 12.3 Å². The normalized spacial score (nSPS) is 22.6. The summed E-state index contributed by atoms with van der Waals surface area (Å²) >= 11 is 0. The Morgan fingerprint density at radius 2 is 2.21 bits per heavy atom. The maximum absolute atomic E-state index is 12.2. The van der Waals surface area contributed by atoms with Crippen LogP contribution in [0.25, 0.3) is 0 Å². The first-order chi connectivity index (χ1) is 11.6. The largest absolute Gasteiger partial charge is 0.338 e. The molecule has 1 aliphatic rings. The number of likely N-dealkylation sites (tertiary alicyclic amines) is 1. The van der Waals surface area contributed by atoms with Crippen molar-refractivity contribution in [2.75, 3.05) is 13.6 Å². The Balaban J connectivity index is 1.71. The SMILES string of the molecule is CC(NC[C@H]1CCC(=O)N(C)[C@@H]1c1cnn(C)c1)c1ccccn1. The lowest BCUT2D eigenvalue weighted by Crippen LogP contribution is -2.43. The minimum absolute atomic E-state index is 0.0726. The summed E-state index contributed by atoms with van der Waals surface area (Å²) in [4.78, 5) is 18.4. The lowest BCUT2D eigenvalue weighted by molar-refractivity contribution is -0.137. The number of pyridine rings is 1. The van der Waals surface area contributed by atoms with Crippen molar-refractivity contribution in [3.63, 3.8) is 0 Å². The number of hydrogen-bond acceptors (Lipinski definition) is 4. The summed E-state index contributed by atoms with van der Waals surface area (Å²) in [7, 11) is 3.80. The summed E-state index contributed by atoms with van der Waals surface area (Å²) in [6.07, 6.45) is 7.20. The predicted octanol–water partition coefficient (Wildman–Crippen LogP) is 2.08. The summed E-state index contributed by atoms with van der Waals surface area (Å²) in [5.41, 5.74) is 2.14. The van der Waals surface area contributed by atoms with Crippen LogP contribution in [0.2, 0.25) is 0 Å². The van der Waals surface area contributed by atoms with E-state index in [1.54, 1.807) is 4.68 Å². The van der Waals surface area contributed by atoms with Gasteiger partial charge in [0.25, 0.3) is 0 Å². The molecule has 0 spiro atoms. The highest BCUT2D eigenvalue weighted by Crippen LogP contribution is 2.35. The highest BCUT2D eigenvalue weighted by Gasteiger charge is 2.35. The third-order valence-corrected chi connectivity index (χ3v) is 4.87. The van der Waals surface area contributed by atoms with Crippen molar-refractivity contribution in [3.8, 4) is 0 Å². The number of hydrogen-bond donors (Lipinski definition) is 1. The number of carbonyl (C=O) groups is 1. The second-order valence-electron chi connectivity index (χ2n) is 6.58. The van der Waals surface area contributed by atoms with Crippen molar-refractivity contribution >= 4 is 5.91 Å². The second kappa shape index (κ2) is 7.13. The van der Waals surface area contributed by atoms with Crippen LogP contribution >= 0.6 is 0 Å². The van der Waals surface area contributed by atoms with Gasteiger partial charge in [0.2, 0.25) is 5.91 Å². The molecule has 1 amide bonds. The third-order valence-electron chi connectivity index (χ3n) is 4.87. The van der Waals surface area contributed by atoms with Crippen LogP contribution in [-0.4, -0.2) is 39.2 Å². The Bertz CT molecular complexity index is 684. The van der Waals surface area contributed by atoms with Gasteiger partial charge >= 0.3 is 0 Å². The van der Waals surface area contributed by atoms with Crippen molar-refractivity contribution in [2.24, 2.45) is 13.0 Å². The Morgan fingerprint density at radius 3 is 2.88 bits per heavy atom. The third kappa shape index (κ3) is 3.48. The molecule has 6 heteroatoms. The molecule has 0 saturated carbocycles. The van der Waals surface area contributed by atoms with Crippen LogP contribution in [0.1, 0.15) is 43.1 Å². The zero-order valence-electron chi connectivity index (χ0n) is 14.5. The molecule has 1 N–H and O–H groups in total. The van der Waals surface area contributed by atoms with Crippen LogP contribution in [0.3, 0.4) is 0 Å². The summed E-state index contributed by atoms with van der Waals surface area (Å²) in [5.74, 6) is 0.570. The quantitative estimate of drug-likeness (QED) is 0.913. The smallest absolute Gasteiger partial charge is 0.222 e. The van der Waals surface area contributed by atoms with Gasteiger partial charge in [-0.25, -0.2) is 0 Å². The maximum atomic E-state index is 12.2. The first-order valence-corrected chi connectivity index (χ1v) is 8.44. The van der Waals surface area contributed by atoms with Crippen LogP contribution in [0, 0.1) is 5.92 Å². The molecule has 1 aliphatic heterocycles. The molecule has 2 aromatic heterocycles. The average Bonchev–Trinajstić information content (AvgIpc) is 3.02. The van der Waals surface area contributed by atoms with E-state index in [1.807, 2.05) is 55.8 Å². The number of aromatic nitrogens is 3. The fraction of sp³-hybridized carbons (Fsp3) is 0.500. The molecule has 0 aromatic carbocycles. The Morgan fingerprint density at radius 1 is 1.38 bits per heavy atom. The van der Waals surface area contributed by atoms with Crippen molar-refractivity contribution in [2.45, 2.75) is 31.8 Å². The number of rotatable bonds is 5. The number of piperidine rings is 1. The molecule has 128 valence electrons. The Labute approximate surface area is 142 Å². The summed E-state index contributed by atoms with van der Waals surface area (Å²) in [6.45, 7) is 2.97. The molecule has 3 atom stereocenters. The molecular weight excluding hydrogens is 302 g/mol. The first kappa shape index (κ1) is 16.6. The van der Waals surface area contributed by atoms with Crippen LogP contribution in [-0.2, 0) is 11.8 Å². The van der Waals surface area contributed by atoms with Gasteiger partial charge in [-0.05, 0) is 31.4 Å². The van der Waals surface area contributed by atoms with Gasteiger partial charge in [-0.2, -0.15) is 5.10 Å².